The first-order chi connectivity index (χ1) is 9.31. The maximum absolute atomic E-state index is 11.1. The van der Waals surface area contributed by atoms with Crippen LogP contribution in [0.2, 0.25) is 0 Å². The van der Waals surface area contributed by atoms with E-state index < -0.39 is 0 Å². The molecule has 0 bridgehead atoms. The van der Waals surface area contributed by atoms with Crippen LogP contribution in [0, 0.1) is 0 Å². The molecule has 0 fully saturated rings. The van der Waals surface area contributed by atoms with Crippen molar-refractivity contribution in [3.63, 3.8) is 0 Å². The summed E-state index contributed by atoms with van der Waals surface area (Å²) in [6.07, 6.45) is 12.3. The fourth-order valence-electron chi connectivity index (χ4n) is 2.10. The molecule has 1 N–H and O–H groups in total. The summed E-state index contributed by atoms with van der Waals surface area (Å²) in [5.41, 5.74) is 0. The lowest BCUT2D eigenvalue weighted by Gasteiger charge is -2.05. The average Bonchev–Trinajstić information content (AvgIpc) is 2.40. The van der Waals surface area contributed by atoms with E-state index in [1.807, 2.05) is 6.92 Å². The van der Waals surface area contributed by atoms with Crippen molar-refractivity contribution < 1.29 is 9.53 Å². The van der Waals surface area contributed by atoms with Crippen LogP contribution in [0.3, 0.4) is 0 Å². The zero-order valence-corrected chi connectivity index (χ0v) is 13.0. The highest BCUT2D eigenvalue weighted by atomic mass is 16.5. The van der Waals surface area contributed by atoms with Gasteiger partial charge in [-0.15, -0.1) is 0 Å². The van der Waals surface area contributed by atoms with Crippen LogP contribution in [0.5, 0.6) is 0 Å². The molecular weight excluding hydrogens is 238 g/mol. The topological polar surface area (TPSA) is 38.3 Å². The van der Waals surface area contributed by atoms with Crippen LogP contribution in [-0.2, 0) is 9.53 Å². The second-order valence-electron chi connectivity index (χ2n) is 5.13. The summed E-state index contributed by atoms with van der Waals surface area (Å²) < 4.78 is 4.88. The molecule has 3 heteroatoms. The van der Waals surface area contributed by atoms with Gasteiger partial charge in [-0.3, -0.25) is 4.79 Å². The van der Waals surface area contributed by atoms with Gasteiger partial charge in [-0.25, -0.2) is 0 Å². The Morgan fingerprint density at radius 1 is 0.842 bits per heavy atom. The van der Waals surface area contributed by atoms with Crippen molar-refractivity contribution in [2.45, 2.75) is 78.1 Å². The van der Waals surface area contributed by atoms with Crippen molar-refractivity contribution in [3.05, 3.63) is 0 Å². The third-order valence-electron chi connectivity index (χ3n) is 3.25. The number of carbonyl (C=O) groups excluding carboxylic acids is 1. The van der Waals surface area contributed by atoms with Gasteiger partial charge in [-0.1, -0.05) is 51.9 Å². The maximum Gasteiger partial charge on any atom is 0.305 e. The van der Waals surface area contributed by atoms with Gasteiger partial charge in [0.15, 0.2) is 0 Å². The summed E-state index contributed by atoms with van der Waals surface area (Å²) in [4.78, 5) is 11.1. The molecule has 0 aromatic carbocycles. The Bertz CT molecular complexity index is 195. The van der Waals surface area contributed by atoms with Crippen molar-refractivity contribution in [1.82, 2.24) is 5.32 Å². The number of nitrogens with one attached hydrogen (secondary N) is 1. The van der Waals surface area contributed by atoms with E-state index in [9.17, 15) is 4.79 Å². The molecule has 0 aromatic heterocycles. The van der Waals surface area contributed by atoms with Gasteiger partial charge in [-0.2, -0.15) is 0 Å². The molecule has 0 amide bonds. The van der Waals surface area contributed by atoms with E-state index >= 15 is 0 Å². The molecule has 0 aliphatic heterocycles. The molecule has 0 aliphatic carbocycles. The standard InChI is InChI=1S/C16H33NO2/c1-3-5-6-7-8-9-10-11-14-17-15-12-13-16(18)19-4-2/h17H,3-15H2,1-2H3. The highest BCUT2D eigenvalue weighted by molar-refractivity contribution is 5.69. The third-order valence-corrected chi connectivity index (χ3v) is 3.25. The lowest BCUT2D eigenvalue weighted by Crippen LogP contribution is -2.18. The fraction of sp³-hybridized carbons (Fsp3) is 0.938. The number of rotatable bonds is 14. The number of unbranched alkanes of at least 4 members (excludes halogenated alkanes) is 7. The van der Waals surface area contributed by atoms with Gasteiger partial charge >= 0.3 is 5.97 Å². The molecule has 0 rings (SSSR count). The van der Waals surface area contributed by atoms with Crippen molar-refractivity contribution in [1.29, 1.82) is 0 Å². The van der Waals surface area contributed by atoms with Crippen molar-refractivity contribution in [3.8, 4) is 0 Å². The van der Waals surface area contributed by atoms with Crippen molar-refractivity contribution in [2.75, 3.05) is 19.7 Å². The SMILES string of the molecule is CCCCCCCCCCNCCCC(=O)OCC. The summed E-state index contributed by atoms with van der Waals surface area (Å²) in [6, 6.07) is 0. The van der Waals surface area contributed by atoms with Crippen LogP contribution in [0.1, 0.15) is 78.1 Å². The Morgan fingerprint density at radius 2 is 1.42 bits per heavy atom. The van der Waals surface area contributed by atoms with Gasteiger partial charge in [0.05, 0.1) is 6.61 Å². The third kappa shape index (κ3) is 15.4. The Morgan fingerprint density at radius 3 is 2.05 bits per heavy atom. The molecule has 0 aliphatic rings. The molecule has 3 nitrogen and oxygen atoms in total. The van der Waals surface area contributed by atoms with E-state index in [4.69, 9.17) is 4.74 Å². The number of hydrogen-bond donors (Lipinski definition) is 1. The largest absolute Gasteiger partial charge is 0.466 e. The van der Waals surface area contributed by atoms with Gasteiger partial charge in [0.2, 0.25) is 0 Å². The van der Waals surface area contributed by atoms with E-state index in [1.165, 1.54) is 51.4 Å². The van der Waals surface area contributed by atoms with Crippen LogP contribution in [0.4, 0.5) is 0 Å². The number of carbonyl (C=O) groups is 1. The predicted octanol–water partition coefficient (Wildman–Crippen LogP) is 4.06. The second kappa shape index (κ2) is 15.5. The van der Waals surface area contributed by atoms with Crippen LogP contribution in [-0.4, -0.2) is 25.7 Å². The summed E-state index contributed by atoms with van der Waals surface area (Å²) >= 11 is 0. The van der Waals surface area contributed by atoms with Gasteiger partial charge in [-0.05, 0) is 32.9 Å². The molecule has 0 saturated carbocycles. The van der Waals surface area contributed by atoms with Crippen LogP contribution in [0.15, 0.2) is 0 Å². The molecule has 114 valence electrons. The Hall–Kier alpha value is -0.570. The van der Waals surface area contributed by atoms with Crippen LogP contribution in [0.25, 0.3) is 0 Å². The summed E-state index contributed by atoms with van der Waals surface area (Å²) in [6.45, 7) is 6.60. The first-order valence-electron chi connectivity index (χ1n) is 8.17. The molecule has 19 heavy (non-hydrogen) atoms. The van der Waals surface area contributed by atoms with E-state index in [0.29, 0.717) is 13.0 Å². The maximum atomic E-state index is 11.1. The molecular formula is C16H33NO2. The van der Waals surface area contributed by atoms with Gasteiger partial charge in [0.25, 0.3) is 0 Å². The Kier molecular flexibility index (Phi) is 15.0. The Balaban J connectivity index is 3.01. The molecule has 0 atom stereocenters. The normalized spacial score (nSPS) is 10.6. The summed E-state index contributed by atoms with van der Waals surface area (Å²) in [7, 11) is 0. The first kappa shape index (κ1) is 18.4. The molecule has 0 radical (unpaired) electrons. The molecule has 0 aromatic rings. The van der Waals surface area contributed by atoms with Crippen molar-refractivity contribution in [2.24, 2.45) is 0 Å². The van der Waals surface area contributed by atoms with Gasteiger partial charge < -0.3 is 10.1 Å². The lowest BCUT2D eigenvalue weighted by molar-refractivity contribution is -0.143. The number of ether oxygens (including phenoxy) is 1. The first-order valence-corrected chi connectivity index (χ1v) is 8.17. The lowest BCUT2D eigenvalue weighted by atomic mass is 10.1. The average molecular weight is 271 g/mol. The molecule has 0 saturated heterocycles. The monoisotopic (exact) mass is 271 g/mol. The minimum absolute atomic E-state index is 0.0728. The smallest absolute Gasteiger partial charge is 0.305 e. The summed E-state index contributed by atoms with van der Waals surface area (Å²) in [5.74, 6) is -0.0728. The van der Waals surface area contributed by atoms with E-state index in [-0.39, 0.29) is 5.97 Å². The highest BCUT2D eigenvalue weighted by Crippen LogP contribution is 2.07. The Labute approximate surface area is 119 Å². The summed E-state index contributed by atoms with van der Waals surface area (Å²) in [5, 5.41) is 3.39. The van der Waals surface area contributed by atoms with Crippen LogP contribution >= 0.6 is 0 Å². The zero-order valence-electron chi connectivity index (χ0n) is 13.0. The molecule has 0 heterocycles. The van der Waals surface area contributed by atoms with E-state index in [1.54, 1.807) is 0 Å². The predicted molar refractivity (Wildman–Crippen MR) is 81.3 cm³/mol. The van der Waals surface area contributed by atoms with E-state index in [0.717, 1.165) is 19.5 Å². The minimum Gasteiger partial charge on any atom is -0.466 e. The number of hydrogen-bond acceptors (Lipinski definition) is 3. The molecule has 0 unspecified atom stereocenters. The molecule has 0 spiro atoms. The zero-order chi connectivity index (χ0) is 14.2. The van der Waals surface area contributed by atoms with Crippen molar-refractivity contribution >= 4 is 5.97 Å². The minimum atomic E-state index is -0.0728. The number of esters is 1. The highest BCUT2D eigenvalue weighted by Gasteiger charge is 1.99. The fourth-order valence-corrected chi connectivity index (χ4v) is 2.10. The quantitative estimate of drug-likeness (QED) is 0.382. The van der Waals surface area contributed by atoms with E-state index in [2.05, 4.69) is 12.2 Å². The van der Waals surface area contributed by atoms with Crippen LogP contribution < -0.4 is 5.32 Å². The second-order valence-corrected chi connectivity index (χ2v) is 5.13. The van der Waals surface area contributed by atoms with Gasteiger partial charge in [0, 0.05) is 6.42 Å². The van der Waals surface area contributed by atoms with Gasteiger partial charge in [0.1, 0.15) is 0 Å².